The van der Waals surface area contributed by atoms with Crippen LogP contribution in [0.2, 0.25) is 0 Å². The van der Waals surface area contributed by atoms with Crippen LogP contribution in [0.5, 0.6) is 11.5 Å². The van der Waals surface area contributed by atoms with E-state index >= 15 is 0 Å². The molecule has 0 bridgehead atoms. The van der Waals surface area contributed by atoms with Gasteiger partial charge < -0.3 is 15.2 Å². The molecule has 2 aliphatic rings. The molecule has 35 heavy (non-hydrogen) atoms. The highest BCUT2D eigenvalue weighted by molar-refractivity contribution is 6.07. The quantitative estimate of drug-likeness (QED) is 0.626. The molecule has 1 spiro atoms. The Hall–Kier alpha value is -4.31. The highest BCUT2D eigenvalue weighted by Crippen LogP contribution is 2.50. The molecule has 0 aromatic heterocycles. The summed E-state index contributed by atoms with van der Waals surface area (Å²) in [7, 11) is 3.28. The van der Waals surface area contributed by atoms with E-state index in [0.717, 1.165) is 22.4 Å². The summed E-state index contributed by atoms with van der Waals surface area (Å²) < 4.78 is 11.9. The summed E-state index contributed by atoms with van der Waals surface area (Å²) in [6.45, 7) is 2.00. The summed E-state index contributed by atoms with van der Waals surface area (Å²) in [5.41, 5.74) is 8.28. The zero-order valence-electron chi connectivity index (χ0n) is 19.9. The number of carbonyl (C=O) groups is 1. The maximum atomic E-state index is 13.7. The lowest BCUT2D eigenvalue weighted by molar-refractivity contribution is -0.133. The van der Waals surface area contributed by atoms with E-state index in [-0.39, 0.29) is 11.9 Å². The van der Waals surface area contributed by atoms with Crippen LogP contribution in [0.3, 0.4) is 0 Å². The van der Waals surface area contributed by atoms with Gasteiger partial charge in [-0.1, -0.05) is 30.3 Å². The van der Waals surface area contributed by atoms with Crippen LogP contribution in [0, 0.1) is 11.3 Å². The Morgan fingerprint density at radius 2 is 1.91 bits per heavy atom. The van der Waals surface area contributed by atoms with Crippen molar-refractivity contribution in [1.29, 1.82) is 5.26 Å². The first kappa shape index (κ1) is 22.5. The van der Waals surface area contributed by atoms with Crippen molar-refractivity contribution < 1.29 is 14.3 Å². The topological polar surface area (TPSA) is 101 Å². The lowest BCUT2D eigenvalue weighted by Gasteiger charge is -2.43. The normalized spacial score (nSPS) is 22.9. The third-order valence-corrected chi connectivity index (χ3v) is 6.76. The Morgan fingerprint density at radius 3 is 2.63 bits per heavy atom. The van der Waals surface area contributed by atoms with Gasteiger partial charge in [0, 0.05) is 25.5 Å². The zero-order chi connectivity index (χ0) is 24.8. The van der Waals surface area contributed by atoms with Crippen LogP contribution in [0.1, 0.15) is 30.0 Å². The number of methoxy groups -OCH3 is 1. The molecule has 2 heterocycles. The van der Waals surface area contributed by atoms with Crippen LogP contribution in [0.25, 0.3) is 11.1 Å². The summed E-state index contributed by atoms with van der Waals surface area (Å²) in [6, 6.07) is 23.1. The van der Waals surface area contributed by atoms with Crippen molar-refractivity contribution >= 4 is 11.9 Å². The Morgan fingerprint density at radius 1 is 1.14 bits per heavy atom. The number of hydrogen-bond donors (Lipinski definition) is 1. The number of ether oxygens (including phenoxy) is 2. The minimum atomic E-state index is -1.19. The first-order chi connectivity index (χ1) is 16.8. The molecule has 1 amide bonds. The first-order valence-electron chi connectivity index (χ1n) is 11.4. The molecule has 0 radical (unpaired) electrons. The third kappa shape index (κ3) is 3.77. The van der Waals surface area contributed by atoms with Crippen LogP contribution < -0.4 is 15.2 Å². The van der Waals surface area contributed by atoms with Crippen LogP contribution in [0.4, 0.5) is 0 Å². The van der Waals surface area contributed by atoms with Gasteiger partial charge in [-0.2, -0.15) is 5.26 Å². The highest BCUT2D eigenvalue weighted by Gasteiger charge is 2.56. The monoisotopic (exact) mass is 466 g/mol. The van der Waals surface area contributed by atoms with E-state index in [0.29, 0.717) is 29.7 Å². The standard InChI is InChI=1S/C28H26N4O3/c1-27(15-18-6-5-9-22(13-18)34-3)17-28(25(33)32(2)26(30)31-28)23-14-21(10-11-24(23)35-27)20-8-4-7-19(12-20)16-29/h4-14H,15,17H2,1-3H3,(H2,30,31)/t27-,28+/m0/s1. The van der Waals surface area contributed by atoms with Crippen molar-refractivity contribution in [1.82, 2.24) is 4.90 Å². The van der Waals surface area contributed by atoms with Crippen molar-refractivity contribution in [2.45, 2.75) is 30.9 Å². The van der Waals surface area contributed by atoms with E-state index in [1.54, 1.807) is 20.2 Å². The molecule has 176 valence electrons. The summed E-state index contributed by atoms with van der Waals surface area (Å²) in [5, 5.41) is 9.31. The summed E-state index contributed by atoms with van der Waals surface area (Å²) in [6.07, 6.45) is 0.888. The number of guanidine groups is 1. The molecule has 0 unspecified atom stereocenters. The molecule has 7 nitrogen and oxygen atoms in total. The van der Waals surface area contributed by atoms with Gasteiger partial charge in [-0.05, 0) is 60.0 Å². The van der Waals surface area contributed by atoms with Gasteiger partial charge in [0.1, 0.15) is 17.1 Å². The minimum Gasteiger partial charge on any atom is -0.497 e. The predicted molar refractivity (Wildman–Crippen MR) is 133 cm³/mol. The maximum Gasteiger partial charge on any atom is 0.261 e. The molecule has 0 saturated heterocycles. The number of nitrogens with two attached hydrogens (primary N) is 1. The van der Waals surface area contributed by atoms with Gasteiger partial charge in [-0.3, -0.25) is 9.69 Å². The van der Waals surface area contributed by atoms with Gasteiger partial charge in [0.05, 0.1) is 18.7 Å². The van der Waals surface area contributed by atoms with Crippen molar-refractivity contribution in [2.75, 3.05) is 14.2 Å². The van der Waals surface area contributed by atoms with Crippen molar-refractivity contribution in [3.63, 3.8) is 0 Å². The Bertz CT molecular complexity index is 1410. The fourth-order valence-electron chi connectivity index (χ4n) is 5.13. The average Bonchev–Trinajstić information content (AvgIpc) is 3.07. The fourth-order valence-corrected chi connectivity index (χ4v) is 5.13. The Balaban J connectivity index is 1.62. The average molecular weight is 467 g/mol. The van der Waals surface area contributed by atoms with Gasteiger partial charge in [0.2, 0.25) is 0 Å². The van der Waals surface area contributed by atoms with E-state index in [9.17, 15) is 10.1 Å². The maximum absolute atomic E-state index is 13.7. The minimum absolute atomic E-state index is 0.181. The molecule has 2 N–H and O–H groups in total. The molecular formula is C28H26N4O3. The van der Waals surface area contributed by atoms with Crippen LogP contribution in [-0.2, 0) is 16.8 Å². The Labute approximate surface area is 204 Å². The molecule has 0 aliphatic carbocycles. The number of likely N-dealkylation sites (N-methyl/N-ethyl adjacent to an activating group) is 1. The number of benzene rings is 3. The molecule has 2 atom stereocenters. The molecule has 3 aromatic rings. The molecule has 3 aromatic carbocycles. The van der Waals surface area contributed by atoms with Crippen LogP contribution in [-0.4, -0.2) is 36.5 Å². The first-order valence-corrected chi connectivity index (χ1v) is 11.4. The lowest BCUT2D eigenvalue weighted by Crippen LogP contribution is -2.51. The van der Waals surface area contributed by atoms with Gasteiger partial charge in [0.15, 0.2) is 11.5 Å². The molecule has 0 saturated carbocycles. The molecular weight excluding hydrogens is 440 g/mol. The predicted octanol–water partition coefficient (Wildman–Crippen LogP) is 4.00. The SMILES string of the molecule is COc1cccc(C[C@@]2(C)C[C@@]3(N=C(N)N(C)C3=O)c3cc(-c4cccc(C#N)c4)ccc3O2)c1. The van der Waals surface area contributed by atoms with Crippen molar-refractivity contribution in [2.24, 2.45) is 10.7 Å². The van der Waals surface area contributed by atoms with Crippen molar-refractivity contribution in [3.05, 3.63) is 83.4 Å². The number of nitriles is 1. The Kier molecular flexibility index (Phi) is 5.25. The van der Waals surface area contributed by atoms with Crippen LogP contribution in [0.15, 0.2) is 71.7 Å². The number of nitrogens with zero attached hydrogens (tertiary/aromatic N) is 3. The summed E-state index contributed by atoms with van der Waals surface area (Å²) >= 11 is 0. The second-order valence-electron chi connectivity index (χ2n) is 9.36. The third-order valence-electron chi connectivity index (χ3n) is 6.76. The number of hydrogen-bond acceptors (Lipinski definition) is 6. The second kappa shape index (κ2) is 8.17. The van der Waals surface area contributed by atoms with Gasteiger partial charge in [-0.25, -0.2) is 4.99 Å². The number of fused-ring (bicyclic) bond motifs is 2. The number of aliphatic imine (C=N–C) groups is 1. The number of rotatable bonds is 4. The summed E-state index contributed by atoms with van der Waals surface area (Å²) in [4.78, 5) is 19.8. The van der Waals surface area contributed by atoms with E-state index in [1.807, 2.05) is 67.6 Å². The van der Waals surface area contributed by atoms with Gasteiger partial charge in [0.25, 0.3) is 5.91 Å². The summed E-state index contributed by atoms with van der Waals surface area (Å²) in [5.74, 6) is 1.37. The largest absolute Gasteiger partial charge is 0.497 e. The smallest absolute Gasteiger partial charge is 0.261 e. The molecule has 0 fully saturated rings. The van der Waals surface area contributed by atoms with Gasteiger partial charge in [-0.15, -0.1) is 0 Å². The van der Waals surface area contributed by atoms with E-state index in [4.69, 9.17) is 20.2 Å². The lowest BCUT2D eigenvalue weighted by atomic mass is 9.74. The number of amides is 1. The second-order valence-corrected chi connectivity index (χ2v) is 9.36. The van der Waals surface area contributed by atoms with Crippen molar-refractivity contribution in [3.8, 4) is 28.7 Å². The van der Waals surface area contributed by atoms with E-state index in [1.165, 1.54) is 4.90 Å². The fraction of sp³-hybridized carbons (Fsp3) is 0.250. The van der Waals surface area contributed by atoms with Crippen LogP contribution >= 0.6 is 0 Å². The highest BCUT2D eigenvalue weighted by atomic mass is 16.5. The molecule has 2 aliphatic heterocycles. The van der Waals surface area contributed by atoms with Gasteiger partial charge >= 0.3 is 0 Å². The van der Waals surface area contributed by atoms with E-state index in [2.05, 4.69) is 6.07 Å². The zero-order valence-corrected chi connectivity index (χ0v) is 19.9. The molecule has 7 heteroatoms. The number of carbonyl (C=O) groups excluding carboxylic acids is 1. The molecule has 5 rings (SSSR count). The van der Waals surface area contributed by atoms with E-state index < -0.39 is 11.1 Å².